The first-order chi connectivity index (χ1) is 8.43. The summed E-state index contributed by atoms with van der Waals surface area (Å²) in [7, 11) is 1.52. The summed E-state index contributed by atoms with van der Waals surface area (Å²) in [4.78, 5) is 22.5. The van der Waals surface area contributed by atoms with E-state index in [-0.39, 0.29) is 0 Å². The summed E-state index contributed by atoms with van der Waals surface area (Å²) in [6.45, 7) is 4.68. The average Bonchev–Trinajstić information content (AvgIpc) is 2.28. The Morgan fingerprint density at radius 1 is 1.33 bits per heavy atom. The largest absolute Gasteiger partial charge is 0.495 e. The molecule has 0 aliphatic rings. The van der Waals surface area contributed by atoms with Crippen molar-refractivity contribution in [3.8, 4) is 5.75 Å². The van der Waals surface area contributed by atoms with Crippen molar-refractivity contribution in [2.24, 2.45) is 0 Å². The molecule has 0 spiro atoms. The third kappa shape index (κ3) is 3.76. The van der Waals surface area contributed by atoms with E-state index in [1.165, 1.54) is 21.0 Å². The molecule has 1 rings (SSSR count). The van der Waals surface area contributed by atoms with Gasteiger partial charge in [-0.25, -0.2) is 0 Å². The minimum absolute atomic E-state index is 0.394. The van der Waals surface area contributed by atoms with Gasteiger partial charge in [-0.3, -0.25) is 9.59 Å². The molecule has 98 valence electrons. The minimum atomic E-state index is -0.840. The molecule has 0 aliphatic heterocycles. The molecule has 1 atom stereocenters. The Kier molecular flexibility index (Phi) is 4.71. The van der Waals surface area contributed by atoms with Gasteiger partial charge in [0.2, 0.25) is 0 Å². The number of rotatable bonds is 4. The van der Waals surface area contributed by atoms with Gasteiger partial charge in [0.15, 0.2) is 6.10 Å². The van der Waals surface area contributed by atoms with E-state index in [4.69, 9.17) is 9.47 Å². The molecule has 5 nitrogen and oxygen atoms in total. The van der Waals surface area contributed by atoms with E-state index < -0.39 is 18.0 Å². The summed E-state index contributed by atoms with van der Waals surface area (Å²) < 4.78 is 9.94. The normalized spacial score (nSPS) is 11.6. The van der Waals surface area contributed by atoms with Crippen molar-refractivity contribution in [3.05, 3.63) is 23.8 Å². The highest BCUT2D eigenvalue weighted by Crippen LogP contribution is 2.25. The predicted octanol–water partition coefficient (Wildman–Crippen LogP) is 1.89. The topological polar surface area (TPSA) is 64.6 Å². The number of carbonyl (C=O) groups excluding carboxylic acids is 2. The van der Waals surface area contributed by atoms with Gasteiger partial charge in [0, 0.05) is 6.92 Å². The van der Waals surface area contributed by atoms with Crippen molar-refractivity contribution in [2.45, 2.75) is 26.9 Å². The van der Waals surface area contributed by atoms with Crippen LogP contribution in [0.2, 0.25) is 0 Å². The van der Waals surface area contributed by atoms with Gasteiger partial charge in [-0.05, 0) is 31.5 Å². The second-order valence-electron chi connectivity index (χ2n) is 3.94. The number of nitrogens with one attached hydrogen (secondary N) is 1. The molecule has 0 aliphatic carbocycles. The van der Waals surface area contributed by atoms with Crippen molar-refractivity contribution in [3.63, 3.8) is 0 Å². The second kappa shape index (κ2) is 6.05. The Morgan fingerprint density at radius 2 is 2.00 bits per heavy atom. The first-order valence-electron chi connectivity index (χ1n) is 5.56. The van der Waals surface area contributed by atoms with E-state index in [0.717, 1.165) is 5.56 Å². The molecular weight excluding hydrogens is 234 g/mol. The first kappa shape index (κ1) is 14.0. The van der Waals surface area contributed by atoms with E-state index in [0.29, 0.717) is 11.4 Å². The van der Waals surface area contributed by atoms with Gasteiger partial charge in [-0.2, -0.15) is 0 Å². The summed E-state index contributed by atoms with van der Waals surface area (Å²) in [6, 6.07) is 5.43. The van der Waals surface area contributed by atoms with Crippen LogP contribution in [0.4, 0.5) is 5.69 Å². The Balaban J connectivity index is 2.80. The number of hydrogen-bond acceptors (Lipinski definition) is 4. The highest BCUT2D eigenvalue weighted by Gasteiger charge is 2.17. The summed E-state index contributed by atoms with van der Waals surface area (Å²) in [5, 5.41) is 2.67. The van der Waals surface area contributed by atoms with Crippen molar-refractivity contribution in [1.82, 2.24) is 0 Å². The number of aryl methyl sites for hydroxylation is 1. The quantitative estimate of drug-likeness (QED) is 0.830. The molecule has 0 heterocycles. The van der Waals surface area contributed by atoms with Crippen LogP contribution >= 0.6 is 0 Å². The lowest BCUT2D eigenvalue weighted by Gasteiger charge is -2.14. The number of methoxy groups -OCH3 is 1. The minimum Gasteiger partial charge on any atom is -0.495 e. The Bertz CT molecular complexity index is 456. The van der Waals surface area contributed by atoms with Crippen LogP contribution in [-0.4, -0.2) is 25.1 Å². The maximum absolute atomic E-state index is 11.8. The van der Waals surface area contributed by atoms with Crippen LogP contribution in [0.1, 0.15) is 19.4 Å². The lowest BCUT2D eigenvalue weighted by Crippen LogP contribution is -2.29. The van der Waals surface area contributed by atoms with Crippen LogP contribution in [0.15, 0.2) is 18.2 Å². The average molecular weight is 251 g/mol. The highest BCUT2D eigenvalue weighted by molar-refractivity contribution is 5.96. The summed E-state index contributed by atoms with van der Waals surface area (Å²) >= 11 is 0. The molecule has 0 saturated carbocycles. The molecule has 1 N–H and O–H groups in total. The number of carbonyl (C=O) groups is 2. The van der Waals surface area contributed by atoms with E-state index in [9.17, 15) is 9.59 Å². The van der Waals surface area contributed by atoms with Gasteiger partial charge in [0.25, 0.3) is 5.91 Å². The summed E-state index contributed by atoms with van der Waals surface area (Å²) in [6.07, 6.45) is -0.840. The molecule has 0 unspecified atom stereocenters. The van der Waals surface area contributed by atoms with Crippen LogP contribution in [0, 0.1) is 6.92 Å². The van der Waals surface area contributed by atoms with E-state index in [2.05, 4.69) is 5.32 Å². The zero-order chi connectivity index (χ0) is 13.7. The fourth-order valence-electron chi connectivity index (χ4n) is 1.46. The lowest BCUT2D eigenvalue weighted by molar-refractivity contribution is -0.150. The number of amides is 1. The predicted molar refractivity (Wildman–Crippen MR) is 67.6 cm³/mol. The molecule has 0 saturated heterocycles. The van der Waals surface area contributed by atoms with Crippen molar-refractivity contribution < 1.29 is 19.1 Å². The molecule has 1 amide bonds. The SMILES string of the molecule is COc1ccc(C)cc1NC(=O)[C@H](C)OC(C)=O. The third-order valence-electron chi connectivity index (χ3n) is 2.32. The number of ether oxygens (including phenoxy) is 2. The smallest absolute Gasteiger partial charge is 0.303 e. The monoisotopic (exact) mass is 251 g/mol. The number of esters is 1. The zero-order valence-corrected chi connectivity index (χ0v) is 10.9. The Morgan fingerprint density at radius 3 is 2.56 bits per heavy atom. The number of benzene rings is 1. The van der Waals surface area contributed by atoms with Crippen LogP contribution in [0.25, 0.3) is 0 Å². The second-order valence-corrected chi connectivity index (χ2v) is 3.94. The van der Waals surface area contributed by atoms with Crippen LogP contribution in [0.3, 0.4) is 0 Å². The molecule has 0 fully saturated rings. The zero-order valence-electron chi connectivity index (χ0n) is 10.9. The van der Waals surface area contributed by atoms with Gasteiger partial charge in [-0.1, -0.05) is 6.07 Å². The van der Waals surface area contributed by atoms with Crippen LogP contribution < -0.4 is 10.1 Å². The molecule has 18 heavy (non-hydrogen) atoms. The Hall–Kier alpha value is -2.04. The summed E-state index contributed by atoms with van der Waals surface area (Å²) in [5.41, 5.74) is 1.55. The van der Waals surface area contributed by atoms with Gasteiger partial charge in [-0.15, -0.1) is 0 Å². The van der Waals surface area contributed by atoms with Crippen molar-refractivity contribution in [1.29, 1.82) is 0 Å². The maximum atomic E-state index is 11.8. The standard InChI is InChI=1S/C13H17NO4/c1-8-5-6-12(17-4)11(7-8)14-13(16)9(2)18-10(3)15/h5-7,9H,1-4H3,(H,14,16)/t9-/m0/s1. The van der Waals surface area contributed by atoms with Gasteiger partial charge in [0.05, 0.1) is 12.8 Å². The number of hydrogen-bond donors (Lipinski definition) is 1. The van der Waals surface area contributed by atoms with Crippen LogP contribution in [-0.2, 0) is 14.3 Å². The molecule has 0 aromatic heterocycles. The van der Waals surface area contributed by atoms with Gasteiger partial charge >= 0.3 is 5.97 Å². The fourth-order valence-corrected chi connectivity index (χ4v) is 1.46. The lowest BCUT2D eigenvalue weighted by atomic mass is 10.2. The molecule has 1 aromatic carbocycles. The van der Waals surface area contributed by atoms with E-state index in [1.807, 2.05) is 13.0 Å². The first-order valence-corrected chi connectivity index (χ1v) is 5.56. The third-order valence-corrected chi connectivity index (χ3v) is 2.32. The van der Waals surface area contributed by atoms with Gasteiger partial charge in [0.1, 0.15) is 5.75 Å². The highest BCUT2D eigenvalue weighted by atomic mass is 16.5. The van der Waals surface area contributed by atoms with E-state index >= 15 is 0 Å². The van der Waals surface area contributed by atoms with Crippen LogP contribution in [0.5, 0.6) is 5.75 Å². The molecule has 1 aromatic rings. The molecule has 5 heteroatoms. The number of anilines is 1. The molecule has 0 bridgehead atoms. The van der Waals surface area contributed by atoms with Crippen molar-refractivity contribution >= 4 is 17.6 Å². The van der Waals surface area contributed by atoms with E-state index in [1.54, 1.807) is 12.1 Å². The van der Waals surface area contributed by atoms with Gasteiger partial charge < -0.3 is 14.8 Å². The molecular formula is C13H17NO4. The van der Waals surface area contributed by atoms with Crippen molar-refractivity contribution in [2.75, 3.05) is 12.4 Å². The maximum Gasteiger partial charge on any atom is 0.303 e. The molecule has 0 radical (unpaired) electrons. The summed E-state index contributed by atoms with van der Waals surface area (Å²) in [5.74, 6) is -0.327. The fraction of sp³-hybridized carbons (Fsp3) is 0.385. The Labute approximate surface area is 106 Å².